The summed E-state index contributed by atoms with van der Waals surface area (Å²) in [5.74, 6) is 0.833. The van der Waals surface area contributed by atoms with Gasteiger partial charge in [0.2, 0.25) is 0 Å². The fourth-order valence-corrected chi connectivity index (χ4v) is 2.99. The lowest BCUT2D eigenvalue weighted by Crippen LogP contribution is -2.44. The van der Waals surface area contributed by atoms with Gasteiger partial charge in [0.05, 0.1) is 19.8 Å². The molecule has 23 heavy (non-hydrogen) atoms. The first-order chi connectivity index (χ1) is 11.1. The van der Waals surface area contributed by atoms with E-state index < -0.39 is 0 Å². The van der Waals surface area contributed by atoms with Crippen LogP contribution in [0.2, 0.25) is 0 Å². The minimum atomic E-state index is -0.0283. The topological polar surface area (TPSA) is 44.7 Å². The van der Waals surface area contributed by atoms with Crippen molar-refractivity contribution in [2.45, 2.75) is 38.8 Å². The third-order valence-corrected chi connectivity index (χ3v) is 4.46. The Morgan fingerprint density at radius 2 is 2.13 bits per heavy atom. The van der Waals surface area contributed by atoms with Gasteiger partial charge < -0.3 is 15.2 Å². The second kappa shape index (κ2) is 9.06. The van der Waals surface area contributed by atoms with Crippen molar-refractivity contribution in [1.29, 1.82) is 0 Å². The first-order valence-corrected chi connectivity index (χ1v) is 8.49. The molecule has 0 radical (unpaired) electrons. The molecule has 2 rings (SSSR count). The van der Waals surface area contributed by atoms with Crippen LogP contribution in [-0.2, 0) is 0 Å². The maximum absolute atomic E-state index is 9.75. The molecule has 0 amide bonds. The van der Waals surface area contributed by atoms with Crippen molar-refractivity contribution in [2.24, 2.45) is 0 Å². The molecule has 1 aromatic rings. The third kappa shape index (κ3) is 5.65. The SMILES string of the molecule is COc1cccc(C(CO)NC2CCN(CC=C(C)C)CC2)c1. The second-order valence-corrected chi connectivity index (χ2v) is 6.53. The second-order valence-electron chi connectivity index (χ2n) is 6.53. The number of rotatable bonds is 7. The minimum Gasteiger partial charge on any atom is -0.497 e. The molecule has 1 unspecified atom stereocenters. The zero-order valence-corrected chi connectivity index (χ0v) is 14.6. The summed E-state index contributed by atoms with van der Waals surface area (Å²) in [6, 6.07) is 8.37. The molecule has 1 aliphatic heterocycles. The van der Waals surface area contributed by atoms with Gasteiger partial charge in [-0.05, 0) is 57.5 Å². The van der Waals surface area contributed by atoms with E-state index in [0.29, 0.717) is 6.04 Å². The quantitative estimate of drug-likeness (QED) is 0.759. The number of benzene rings is 1. The van der Waals surface area contributed by atoms with Crippen molar-refractivity contribution >= 4 is 0 Å². The number of ether oxygens (including phenoxy) is 1. The van der Waals surface area contributed by atoms with Crippen LogP contribution >= 0.6 is 0 Å². The number of aliphatic hydroxyl groups excluding tert-OH is 1. The van der Waals surface area contributed by atoms with E-state index >= 15 is 0 Å². The van der Waals surface area contributed by atoms with Gasteiger partial charge in [-0.25, -0.2) is 0 Å². The highest BCUT2D eigenvalue weighted by atomic mass is 16.5. The van der Waals surface area contributed by atoms with Crippen LogP contribution in [0.15, 0.2) is 35.9 Å². The molecule has 1 heterocycles. The molecular formula is C19H30N2O2. The van der Waals surface area contributed by atoms with Crippen molar-refractivity contribution in [3.05, 3.63) is 41.5 Å². The van der Waals surface area contributed by atoms with Crippen LogP contribution < -0.4 is 10.1 Å². The van der Waals surface area contributed by atoms with E-state index in [-0.39, 0.29) is 12.6 Å². The Labute approximate surface area is 140 Å². The van der Waals surface area contributed by atoms with Gasteiger partial charge in [0, 0.05) is 12.6 Å². The Morgan fingerprint density at radius 3 is 2.74 bits per heavy atom. The number of methoxy groups -OCH3 is 1. The molecule has 1 aromatic carbocycles. The number of nitrogens with one attached hydrogen (secondary N) is 1. The Morgan fingerprint density at radius 1 is 1.39 bits per heavy atom. The number of hydrogen-bond acceptors (Lipinski definition) is 4. The minimum absolute atomic E-state index is 0.0283. The fraction of sp³-hybridized carbons (Fsp3) is 0.579. The Bertz CT molecular complexity index is 504. The molecule has 1 aliphatic rings. The van der Waals surface area contributed by atoms with E-state index in [2.05, 4.69) is 30.1 Å². The van der Waals surface area contributed by atoms with Gasteiger partial charge in [0.25, 0.3) is 0 Å². The first kappa shape index (κ1) is 18.0. The van der Waals surface area contributed by atoms with Crippen LogP contribution in [0.25, 0.3) is 0 Å². The van der Waals surface area contributed by atoms with Gasteiger partial charge in [0.15, 0.2) is 0 Å². The molecule has 0 saturated carbocycles. The molecule has 128 valence electrons. The van der Waals surface area contributed by atoms with Crippen molar-refractivity contribution in [2.75, 3.05) is 33.4 Å². The monoisotopic (exact) mass is 318 g/mol. The average molecular weight is 318 g/mol. The van der Waals surface area contributed by atoms with Crippen molar-refractivity contribution in [3.63, 3.8) is 0 Å². The molecule has 0 aromatic heterocycles. The van der Waals surface area contributed by atoms with E-state index in [1.165, 1.54) is 5.57 Å². The maximum atomic E-state index is 9.75. The Kier molecular flexibility index (Phi) is 7.09. The van der Waals surface area contributed by atoms with Crippen LogP contribution in [0.3, 0.4) is 0 Å². The summed E-state index contributed by atoms with van der Waals surface area (Å²) in [6.07, 6.45) is 4.54. The van der Waals surface area contributed by atoms with Gasteiger partial charge in [-0.3, -0.25) is 4.90 Å². The van der Waals surface area contributed by atoms with Crippen LogP contribution in [-0.4, -0.2) is 49.4 Å². The third-order valence-electron chi connectivity index (χ3n) is 4.46. The number of aliphatic hydroxyl groups is 1. The molecule has 0 aliphatic carbocycles. The number of likely N-dealkylation sites (tertiary alicyclic amines) is 1. The first-order valence-electron chi connectivity index (χ1n) is 8.49. The summed E-state index contributed by atoms with van der Waals surface area (Å²) >= 11 is 0. The Balaban J connectivity index is 1.87. The van der Waals surface area contributed by atoms with E-state index in [1.54, 1.807) is 7.11 Å². The summed E-state index contributed by atoms with van der Waals surface area (Å²) in [5, 5.41) is 13.4. The molecule has 4 heteroatoms. The summed E-state index contributed by atoms with van der Waals surface area (Å²) < 4.78 is 5.28. The van der Waals surface area contributed by atoms with E-state index in [0.717, 1.165) is 43.8 Å². The lowest BCUT2D eigenvalue weighted by Gasteiger charge is -2.34. The average Bonchev–Trinajstić information content (AvgIpc) is 2.58. The molecule has 2 N–H and O–H groups in total. The highest BCUT2D eigenvalue weighted by Crippen LogP contribution is 2.21. The molecule has 1 fully saturated rings. The number of nitrogens with zero attached hydrogens (tertiary/aromatic N) is 1. The van der Waals surface area contributed by atoms with E-state index in [4.69, 9.17) is 4.74 Å². The number of piperidine rings is 1. The number of hydrogen-bond donors (Lipinski definition) is 2. The predicted octanol–water partition coefficient (Wildman–Crippen LogP) is 2.75. The van der Waals surface area contributed by atoms with Gasteiger partial charge >= 0.3 is 0 Å². The zero-order valence-electron chi connectivity index (χ0n) is 14.6. The predicted molar refractivity (Wildman–Crippen MR) is 94.8 cm³/mol. The van der Waals surface area contributed by atoms with Gasteiger partial charge in [-0.15, -0.1) is 0 Å². The maximum Gasteiger partial charge on any atom is 0.119 e. The molecule has 1 saturated heterocycles. The highest BCUT2D eigenvalue weighted by Gasteiger charge is 2.22. The largest absolute Gasteiger partial charge is 0.497 e. The summed E-state index contributed by atoms with van der Waals surface area (Å²) in [4.78, 5) is 2.49. The zero-order chi connectivity index (χ0) is 16.7. The van der Waals surface area contributed by atoms with Gasteiger partial charge in [-0.2, -0.15) is 0 Å². The molecule has 0 bridgehead atoms. The van der Waals surface area contributed by atoms with Crippen LogP contribution in [0.4, 0.5) is 0 Å². The van der Waals surface area contributed by atoms with E-state index in [1.807, 2.05) is 24.3 Å². The van der Waals surface area contributed by atoms with Crippen molar-refractivity contribution in [3.8, 4) is 5.75 Å². The lowest BCUT2D eigenvalue weighted by molar-refractivity contribution is 0.181. The van der Waals surface area contributed by atoms with Crippen LogP contribution in [0, 0.1) is 0 Å². The van der Waals surface area contributed by atoms with Crippen LogP contribution in [0.5, 0.6) is 5.75 Å². The standard InChI is InChI=1S/C19H30N2O2/c1-15(2)7-10-21-11-8-17(9-12-21)20-19(14-22)16-5-4-6-18(13-16)23-3/h4-7,13,17,19-20,22H,8-12,14H2,1-3H3. The van der Waals surface area contributed by atoms with Crippen LogP contribution in [0.1, 0.15) is 38.3 Å². The number of allylic oxidation sites excluding steroid dienone is 1. The van der Waals surface area contributed by atoms with E-state index in [9.17, 15) is 5.11 Å². The summed E-state index contributed by atoms with van der Waals surface area (Å²) in [7, 11) is 1.67. The lowest BCUT2D eigenvalue weighted by atomic mass is 10.0. The van der Waals surface area contributed by atoms with Gasteiger partial charge in [-0.1, -0.05) is 23.8 Å². The molecule has 4 nitrogen and oxygen atoms in total. The van der Waals surface area contributed by atoms with Crippen molar-refractivity contribution in [1.82, 2.24) is 10.2 Å². The molecule has 1 atom stereocenters. The summed E-state index contributed by atoms with van der Waals surface area (Å²) in [6.45, 7) is 7.66. The van der Waals surface area contributed by atoms with Gasteiger partial charge in [0.1, 0.15) is 5.75 Å². The molecular weight excluding hydrogens is 288 g/mol. The summed E-state index contributed by atoms with van der Waals surface area (Å²) in [5.41, 5.74) is 2.46. The fourth-order valence-electron chi connectivity index (χ4n) is 2.99. The smallest absolute Gasteiger partial charge is 0.119 e. The highest BCUT2D eigenvalue weighted by molar-refractivity contribution is 5.30. The Hall–Kier alpha value is -1.36. The van der Waals surface area contributed by atoms with Crippen molar-refractivity contribution < 1.29 is 9.84 Å². The molecule has 0 spiro atoms. The normalized spacial score (nSPS) is 17.7.